The summed E-state index contributed by atoms with van der Waals surface area (Å²) in [6.07, 6.45) is -6.55. The Labute approximate surface area is 106 Å². The Morgan fingerprint density at radius 3 is 2.16 bits per heavy atom. The molecule has 0 aromatic heterocycles. The Kier molecular flexibility index (Phi) is 6.09. The smallest absolute Gasteiger partial charge is 0.390 e. The van der Waals surface area contributed by atoms with Gasteiger partial charge in [-0.3, -0.25) is 4.79 Å². The molecule has 0 fully saturated rings. The SMILES string of the molecule is CN(CCC(F)(F)F)C(=O)NC(CC(=O)O)C(=O)O. The van der Waals surface area contributed by atoms with Crippen LogP contribution in [0.2, 0.25) is 0 Å². The van der Waals surface area contributed by atoms with Crippen molar-refractivity contribution in [3.8, 4) is 0 Å². The van der Waals surface area contributed by atoms with E-state index >= 15 is 0 Å². The molecule has 1 atom stereocenters. The van der Waals surface area contributed by atoms with Gasteiger partial charge in [0.25, 0.3) is 0 Å². The lowest BCUT2D eigenvalue weighted by atomic mass is 10.2. The van der Waals surface area contributed by atoms with Gasteiger partial charge in [-0.05, 0) is 0 Å². The number of carbonyl (C=O) groups is 3. The number of urea groups is 1. The van der Waals surface area contributed by atoms with E-state index in [0.29, 0.717) is 4.90 Å². The monoisotopic (exact) mass is 286 g/mol. The molecule has 0 bridgehead atoms. The molecule has 0 aliphatic carbocycles. The quantitative estimate of drug-likeness (QED) is 0.659. The number of alkyl halides is 3. The minimum atomic E-state index is -4.44. The number of rotatable bonds is 6. The fourth-order valence-corrected chi connectivity index (χ4v) is 1.03. The van der Waals surface area contributed by atoms with Crippen molar-refractivity contribution in [1.82, 2.24) is 10.2 Å². The molecule has 0 aromatic rings. The van der Waals surface area contributed by atoms with Crippen molar-refractivity contribution in [3.05, 3.63) is 0 Å². The van der Waals surface area contributed by atoms with Gasteiger partial charge in [-0.25, -0.2) is 9.59 Å². The first-order valence-corrected chi connectivity index (χ1v) is 5.06. The molecule has 10 heteroatoms. The largest absolute Gasteiger partial charge is 0.481 e. The maximum Gasteiger partial charge on any atom is 0.390 e. The lowest BCUT2D eigenvalue weighted by molar-refractivity contribution is -0.145. The van der Waals surface area contributed by atoms with Crippen LogP contribution in [0.1, 0.15) is 12.8 Å². The molecule has 1 unspecified atom stereocenters. The third-order valence-corrected chi connectivity index (χ3v) is 2.05. The van der Waals surface area contributed by atoms with Crippen LogP contribution in [0, 0.1) is 0 Å². The summed E-state index contributed by atoms with van der Waals surface area (Å²) in [5, 5.41) is 18.9. The second-order valence-corrected chi connectivity index (χ2v) is 3.72. The van der Waals surface area contributed by atoms with Gasteiger partial charge in [-0.2, -0.15) is 13.2 Å². The number of halogens is 3. The van der Waals surface area contributed by atoms with Gasteiger partial charge in [0.2, 0.25) is 0 Å². The summed E-state index contributed by atoms with van der Waals surface area (Å²) in [4.78, 5) is 33.0. The summed E-state index contributed by atoms with van der Waals surface area (Å²) in [7, 11) is 1.04. The third kappa shape index (κ3) is 7.84. The van der Waals surface area contributed by atoms with Gasteiger partial charge in [0, 0.05) is 13.6 Å². The van der Waals surface area contributed by atoms with E-state index in [0.717, 1.165) is 7.05 Å². The number of aliphatic carboxylic acids is 2. The normalized spacial score (nSPS) is 12.6. The number of hydrogen-bond donors (Lipinski definition) is 3. The van der Waals surface area contributed by atoms with E-state index in [1.165, 1.54) is 0 Å². The zero-order valence-corrected chi connectivity index (χ0v) is 9.90. The molecule has 0 aromatic carbocycles. The maximum absolute atomic E-state index is 11.9. The summed E-state index contributed by atoms with van der Waals surface area (Å²) in [5.41, 5.74) is 0. The first-order chi connectivity index (χ1) is 8.53. The minimum Gasteiger partial charge on any atom is -0.481 e. The maximum atomic E-state index is 11.9. The predicted molar refractivity (Wildman–Crippen MR) is 55.5 cm³/mol. The van der Waals surface area contributed by atoms with Crippen molar-refractivity contribution >= 4 is 18.0 Å². The van der Waals surface area contributed by atoms with E-state index in [9.17, 15) is 27.6 Å². The van der Waals surface area contributed by atoms with Gasteiger partial charge in [-0.15, -0.1) is 0 Å². The van der Waals surface area contributed by atoms with Gasteiger partial charge in [-0.1, -0.05) is 0 Å². The lowest BCUT2D eigenvalue weighted by Gasteiger charge is -2.21. The molecule has 7 nitrogen and oxygen atoms in total. The molecule has 2 amide bonds. The van der Waals surface area contributed by atoms with Crippen LogP contribution in [0.5, 0.6) is 0 Å². The molecular formula is C9H13F3N2O5. The number of nitrogens with zero attached hydrogens (tertiary/aromatic N) is 1. The standard InChI is InChI=1S/C9H13F3N2O5/c1-14(3-2-9(10,11)12)8(19)13-5(7(17)18)4-6(15)16/h5H,2-4H2,1H3,(H,13,19)(H,15,16)(H,17,18). The Morgan fingerprint density at radius 2 is 1.79 bits per heavy atom. The van der Waals surface area contributed by atoms with E-state index in [2.05, 4.69) is 0 Å². The molecular weight excluding hydrogens is 273 g/mol. The predicted octanol–water partition coefficient (Wildman–Crippen LogP) is 0.508. The Bertz CT molecular complexity index is 358. The van der Waals surface area contributed by atoms with E-state index in [1.807, 2.05) is 5.32 Å². The molecule has 0 rings (SSSR count). The van der Waals surface area contributed by atoms with Crippen molar-refractivity contribution in [3.63, 3.8) is 0 Å². The molecule has 0 heterocycles. The van der Waals surface area contributed by atoms with Gasteiger partial charge >= 0.3 is 24.1 Å². The number of carbonyl (C=O) groups excluding carboxylic acids is 1. The van der Waals surface area contributed by atoms with Crippen molar-refractivity contribution in [2.45, 2.75) is 25.1 Å². The second kappa shape index (κ2) is 6.81. The lowest BCUT2D eigenvalue weighted by Crippen LogP contribution is -2.48. The molecule has 0 spiro atoms. The number of carboxylic acids is 2. The highest BCUT2D eigenvalue weighted by Crippen LogP contribution is 2.19. The molecule has 19 heavy (non-hydrogen) atoms. The first-order valence-electron chi connectivity index (χ1n) is 5.06. The van der Waals surface area contributed by atoms with Gasteiger partial charge in [0.1, 0.15) is 6.04 Å². The van der Waals surface area contributed by atoms with Crippen LogP contribution < -0.4 is 5.32 Å². The summed E-state index contributed by atoms with van der Waals surface area (Å²) in [5.74, 6) is -3.04. The van der Waals surface area contributed by atoms with Gasteiger partial charge in [0.05, 0.1) is 12.8 Å². The minimum absolute atomic E-state index is 0.630. The van der Waals surface area contributed by atoms with E-state index in [-0.39, 0.29) is 0 Å². The van der Waals surface area contributed by atoms with Crippen LogP contribution in [-0.4, -0.2) is 58.9 Å². The van der Waals surface area contributed by atoms with Crippen LogP contribution in [0.25, 0.3) is 0 Å². The fraction of sp³-hybridized carbons (Fsp3) is 0.667. The Hall–Kier alpha value is -2.00. The summed E-state index contributed by atoms with van der Waals surface area (Å²) < 4.78 is 35.7. The number of amides is 2. The van der Waals surface area contributed by atoms with Crippen LogP contribution in [-0.2, 0) is 9.59 Å². The third-order valence-electron chi connectivity index (χ3n) is 2.05. The Morgan fingerprint density at radius 1 is 1.26 bits per heavy atom. The first kappa shape index (κ1) is 17.0. The summed E-state index contributed by atoms with van der Waals surface area (Å²) in [6.45, 7) is -0.658. The van der Waals surface area contributed by atoms with Crippen LogP contribution >= 0.6 is 0 Å². The van der Waals surface area contributed by atoms with Crippen LogP contribution in [0.15, 0.2) is 0 Å². The number of carboxylic acid groups (broad SMARTS) is 2. The zero-order chi connectivity index (χ0) is 15.2. The van der Waals surface area contributed by atoms with E-state index in [4.69, 9.17) is 10.2 Å². The second-order valence-electron chi connectivity index (χ2n) is 3.72. The van der Waals surface area contributed by atoms with Crippen LogP contribution in [0.4, 0.5) is 18.0 Å². The van der Waals surface area contributed by atoms with E-state index in [1.54, 1.807) is 0 Å². The highest BCUT2D eigenvalue weighted by Gasteiger charge is 2.29. The molecule has 3 N–H and O–H groups in total. The van der Waals surface area contributed by atoms with Gasteiger partial charge < -0.3 is 20.4 Å². The van der Waals surface area contributed by atoms with Crippen molar-refractivity contribution in [2.24, 2.45) is 0 Å². The number of nitrogens with one attached hydrogen (secondary N) is 1. The van der Waals surface area contributed by atoms with Crippen LogP contribution in [0.3, 0.4) is 0 Å². The molecule has 0 aliphatic rings. The van der Waals surface area contributed by atoms with Crippen molar-refractivity contribution < 1.29 is 37.8 Å². The summed E-state index contributed by atoms with van der Waals surface area (Å²) >= 11 is 0. The average Bonchev–Trinajstić information content (AvgIpc) is 2.22. The fourth-order valence-electron chi connectivity index (χ4n) is 1.03. The van der Waals surface area contributed by atoms with Gasteiger partial charge in [0.15, 0.2) is 0 Å². The zero-order valence-electron chi connectivity index (χ0n) is 9.90. The van der Waals surface area contributed by atoms with E-state index < -0.39 is 49.6 Å². The van der Waals surface area contributed by atoms with Crippen molar-refractivity contribution in [1.29, 1.82) is 0 Å². The topological polar surface area (TPSA) is 107 Å². The molecule has 0 radical (unpaired) electrons. The highest BCUT2D eigenvalue weighted by atomic mass is 19.4. The molecule has 0 saturated heterocycles. The average molecular weight is 286 g/mol. The molecule has 0 saturated carbocycles. The number of hydrogen-bond acceptors (Lipinski definition) is 3. The van der Waals surface area contributed by atoms with Crippen molar-refractivity contribution in [2.75, 3.05) is 13.6 Å². The highest BCUT2D eigenvalue weighted by molar-refractivity contribution is 5.86. The summed E-state index contributed by atoms with van der Waals surface area (Å²) in [6, 6.07) is -2.78. The molecule has 110 valence electrons. The molecule has 0 aliphatic heterocycles. The Balaban J connectivity index is 4.39.